The van der Waals surface area contributed by atoms with Crippen LogP contribution < -0.4 is 14.8 Å². The highest BCUT2D eigenvalue weighted by Gasteiger charge is 2.37. The van der Waals surface area contributed by atoms with E-state index in [-0.39, 0.29) is 4.90 Å². The fourth-order valence-corrected chi connectivity index (χ4v) is 4.87. The topological polar surface area (TPSA) is 67.9 Å². The Labute approximate surface area is 131 Å². The third-order valence-electron chi connectivity index (χ3n) is 4.66. The second-order valence-electron chi connectivity index (χ2n) is 5.85. The Balaban J connectivity index is 1.86. The average Bonchev–Trinajstić information content (AvgIpc) is 3.01. The Morgan fingerprint density at radius 2 is 1.86 bits per heavy atom. The molecule has 1 aromatic rings. The highest BCUT2D eigenvalue weighted by Crippen LogP contribution is 2.33. The van der Waals surface area contributed by atoms with Crippen LogP contribution in [0.3, 0.4) is 0 Å². The number of hydrogen-bond acceptors (Lipinski definition) is 5. The molecule has 2 aliphatic rings. The van der Waals surface area contributed by atoms with Crippen LogP contribution >= 0.6 is 0 Å². The van der Waals surface area contributed by atoms with Crippen molar-refractivity contribution < 1.29 is 17.9 Å². The van der Waals surface area contributed by atoms with Gasteiger partial charge in [0.1, 0.15) is 0 Å². The summed E-state index contributed by atoms with van der Waals surface area (Å²) >= 11 is 0. The van der Waals surface area contributed by atoms with E-state index in [4.69, 9.17) is 9.47 Å². The van der Waals surface area contributed by atoms with Crippen molar-refractivity contribution in [1.29, 1.82) is 0 Å². The van der Waals surface area contributed by atoms with Crippen LogP contribution in [0.25, 0.3) is 0 Å². The number of benzene rings is 1. The van der Waals surface area contributed by atoms with Crippen molar-refractivity contribution in [2.45, 2.75) is 11.3 Å². The fourth-order valence-electron chi connectivity index (χ4n) is 3.35. The fraction of sp³-hybridized carbons (Fsp3) is 0.600. The molecule has 0 bridgehead atoms. The van der Waals surface area contributed by atoms with Gasteiger partial charge < -0.3 is 14.8 Å². The quantitative estimate of drug-likeness (QED) is 0.892. The van der Waals surface area contributed by atoms with E-state index in [1.54, 1.807) is 16.4 Å². The Kier molecular flexibility index (Phi) is 4.29. The summed E-state index contributed by atoms with van der Waals surface area (Å²) in [5, 5.41) is 3.35. The molecule has 2 atom stereocenters. The molecule has 0 aromatic heterocycles. The van der Waals surface area contributed by atoms with E-state index < -0.39 is 10.0 Å². The Bertz CT molecular complexity index is 647. The van der Waals surface area contributed by atoms with Gasteiger partial charge in [-0.3, -0.25) is 0 Å². The molecule has 2 saturated heterocycles. The average molecular weight is 326 g/mol. The molecule has 2 heterocycles. The molecule has 22 heavy (non-hydrogen) atoms. The molecular weight excluding hydrogens is 304 g/mol. The molecule has 1 aromatic carbocycles. The highest BCUT2D eigenvalue weighted by molar-refractivity contribution is 7.89. The second-order valence-corrected chi connectivity index (χ2v) is 7.78. The Hall–Kier alpha value is -1.31. The number of nitrogens with zero attached hydrogens (tertiary/aromatic N) is 1. The third-order valence-corrected chi connectivity index (χ3v) is 6.52. The van der Waals surface area contributed by atoms with Gasteiger partial charge in [0.25, 0.3) is 0 Å². The minimum absolute atomic E-state index is 0.259. The Morgan fingerprint density at radius 3 is 2.59 bits per heavy atom. The largest absolute Gasteiger partial charge is 0.493 e. The van der Waals surface area contributed by atoms with Crippen LogP contribution in [0, 0.1) is 11.8 Å². The van der Waals surface area contributed by atoms with Crippen molar-refractivity contribution >= 4 is 10.0 Å². The summed E-state index contributed by atoms with van der Waals surface area (Å²) in [6.07, 6.45) is 0.921. The van der Waals surface area contributed by atoms with Gasteiger partial charge in [0, 0.05) is 19.2 Å². The summed E-state index contributed by atoms with van der Waals surface area (Å²) < 4.78 is 37.7. The molecule has 2 fully saturated rings. The summed E-state index contributed by atoms with van der Waals surface area (Å²) in [5.74, 6) is 1.99. The summed E-state index contributed by atoms with van der Waals surface area (Å²) in [7, 11) is -0.453. The lowest BCUT2D eigenvalue weighted by Gasteiger charge is -2.33. The predicted octanol–water partition coefficient (Wildman–Crippen LogP) is 0.934. The number of piperidine rings is 1. The van der Waals surface area contributed by atoms with Crippen LogP contribution in [-0.2, 0) is 10.0 Å². The van der Waals surface area contributed by atoms with Gasteiger partial charge in [0.15, 0.2) is 11.5 Å². The number of sulfonamides is 1. The van der Waals surface area contributed by atoms with Gasteiger partial charge in [0.2, 0.25) is 10.0 Å². The van der Waals surface area contributed by atoms with Crippen molar-refractivity contribution in [3.8, 4) is 11.5 Å². The molecule has 0 aliphatic carbocycles. The number of hydrogen-bond donors (Lipinski definition) is 1. The molecule has 2 aliphatic heterocycles. The molecule has 122 valence electrons. The van der Waals surface area contributed by atoms with Crippen LogP contribution in [0.1, 0.15) is 6.42 Å². The van der Waals surface area contributed by atoms with E-state index in [2.05, 4.69) is 5.32 Å². The number of ether oxygens (including phenoxy) is 2. The summed E-state index contributed by atoms with van der Waals surface area (Å²) in [6, 6.07) is 4.75. The van der Waals surface area contributed by atoms with E-state index in [0.29, 0.717) is 36.4 Å². The molecular formula is C15H22N2O4S. The molecule has 0 spiro atoms. The number of rotatable bonds is 4. The minimum atomic E-state index is -3.49. The van der Waals surface area contributed by atoms with Crippen LogP contribution in [-0.4, -0.2) is 53.1 Å². The number of nitrogens with one attached hydrogen (secondary N) is 1. The number of fused-ring (bicyclic) bond motifs is 1. The minimum Gasteiger partial charge on any atom is -0.493 e. The van der Waals surface area contributed by atoms with E-state index in [1.807, 2.05) is 0 Å². The summed E-state index contributed by atoms with van der Waals surface area (Å²) in [6.45, 7) is 3.09. The maximum Gasteiger partial charge on any atom is 0.243 e. The van der Waals surface area contributed by atoms with Gasteiger partial charge in [-0.25, -0.2) is 8.42 Å². The van der Waals surface area contributed by atoms with Crippen molar-refractivity contribution in [1.82, 2.24) is 9.62 Å². The molecule has 6 nitrogen and oxygen atoms in total. The van der Waals surface area contributed by atoms with Crippen molar-refractivity contribution in [3.05, 3.63) is 18.2 Å². The van der Waals surface area contributed by atoms with E-state index in [1.165, 1.54) is 20.3 Å². The molecule has 0 amide bonds. The van der Waals surface area contributed by atoms with E-state index in [0.717, 1.165) is 19.5 Å². The monoisotopic (exact) mass is 326 g/mol. The van der Waals surface area contributed by atoms with Gasteiger partial charge in [-0.15, -0.1) is 0 Å². The molecule has 7 heteroatoms. The highest BCUT2D eigenvalue weighted by atomic mass is 32.2. The maximum atomic E-state index is 12.9. The maximum absolute atomic E-state index is 12.9. The summed E-state index contributed by atoms with van der Waals surface area (Å²) in [4.78, 5) is 0.259. The summed E-state index contributed by atoms with van der Waals surface area (Å²) in [5.41, 5.74) is 0. The van der Waals surface area contributed by atoms with Gasteiger partial charge >= 0.3 is 0 Å². The van der Waals surface area contributed by atoms with E-state index >= 15 is 0 Å². The first-order valence-electron chi connectivity index (χ1n) is 7.49. The third kappa shape index (κ3) is 2.68. The van der Waals surface area contributed by atoms with Crippen LogP contribution in [0.5, 0.6) is 11.5 Å². The zero-order valence-electron chi connectivity index (χ0n) is 12.9. The van der Waals surface area contributed by atoms with Gasteiger partial charge in [-0.2, -0.15) is 4.31 Å². The first-order valence-corrected chi connectivity index (χ1v) is 8.93. The van der Waals surface area contributed by atoms with Gasteiger partial charge in [0.05, 0.1) is 19.1 Å². The molecule has 1 N–H and O–H groups in total. The molecule has 3 rings (SSSR count). The van der Waals surface area contributed by atoms with Gasteiger partial charge in [-0.1, -0.05) is 0 Å². The zero-order chi connectivity index (χ0) is 15.7. The molecule has 2 unspecified atom stereocenters. The standard InChI is InChI=1S/C15H22N2O4S/c1-20-14-4-3-13(7-15(14)21-2)22(18,19)17-6-5-11-8-16-9-12(11)10-17/h3-4,7,11-12,16H,5-6,8-10H2,1-2H3. The Morgan fingerprint density at radius 1 is 1.14 bits per heavy atom. The number of methoxy groups -OCH3 is 2. The van der Waals surface area contributed by atoms with Crippen molar-refractivity contribution in [2.75, 3.05) is 40.4 Å². The van der Waals surface area contributed by atoms with Crippen molar-refractivity contribution in [2.24, 2.45) is 11.8 Å². The molecule has 0 radical (unpaired) electrons. The van der Waals surface area contributed by atoms with Crippen LogP contribution in [0.15, 0.2) is 23.1 Å². The lowest BCUT2D eigenvalue weighted by Crippen LogP contribution is -2.43. The normalized spacial score (nSPS) is 25.7. The lowest BCUT2D eigenvalue weighted by molar-refractivity contribution is 0.228. The molecule has 0 saturated carbocycles. The van der Waals surface area contributed by atoms with Crippen molar-refractivity contribution in [3.63, 3.8) is 0 Å². The second kappa shape index (κ2) is 6.06. The lowest BCUT2D eigenvalue weighted by atomic mass is 9.90. The first kappa shape index (κ1) is 15.6. The van der Waals surface area contributed by atoms with Crippen LogP contribution in [0.4, 0.5) is 0 Å². The predicted molar refractivity (Wildman–Crippen MR) is 82.8 cm³/mol. The smallest absolute Gasteiger partial charge is 0.243 e. The first-order chi connectivity index (χ1) is 10.6. The van der Waals surface area contributed by atoms with Gasteiger partial charge in [-0.05, 0) is 43.5 Å². The van der Waals surface area contributed by atoms with E-state index in [9.17, 15) is 8.42 Å². The van der Waals surface area contributed by atoms with Crippen LogP contribution in [0.2, 0.25) is 0 Å². The SMILES string of the molecule is COc1ccc(S(=O)(=O)N2CCC3CNCC3C2)cc1OC. The zero-order valence-corrected chi connectivity index (χ0v) is 13.7.